The van der Waals surface area contributed by atoms with Crippen molar-refractivity contribution < 1.29 is 35.1 Å². The molecule has 0 unspecified atom stereocenters. The normalized spacial score (nSPS) is 12.8. The average Bonchev–Trinajstić information content (AvgIpc) is 2.25. The number of hydrogen-bond acceptors (Lipinski definition) is 5. The molecule has 114 valence electrons. The highest BCUT2D eigenvalue weighted by Gasteiger charge is 2.35. The fraction of sp³-hybridized carbons (Fsp3) is 0.375. The van der Waals surface area contributed by atoms with Gasteiger partial charge in [-0.05, 0) is 6.07 Å². The maximum Gasteiger partial charge on any atom is 0.573 e. The van der Waals surface area contributed by atoms with Crippen LogP contribution >= 0.6 is 0 Å². The summed E-state index contributed by atoms with van der Waals surface area (Å²) in [6, 6.07) is 0.209. The van der Waals surface area contributed by atoms with Crippen molar-refractivity contribution in [3.05, 3.63) is 17.3 Å². The summed E-state index contributed by atoms with van der Waals surface area (Å²) >= 11 is 0. The molecule has 4 N–H and O–H groups in total. The Labute approximate surface area is 109 Å². The molecule has 0 spiro atoms. The SMILES string of the molecule is NCc1nc(S(N)(=O)=O)cc(C(F)F)c1OC(F)(F)F. The smallest absolute Gasteiger partial charge is 0.403 e. The van der Waals surface area contributed by atoms with Crippen LogP contribution in [0.2, 0.25) is 0 Å². The van der Waals surface area contributed by atoms with Gasteiger partial charge < -0.3 is 10.5 Å². The molecule has 0 saturated heterocycles. The predicted octanol–water partition coefficient (Wildman–Crippen LogP) is 1.02. The summed E-state index contributed by atoms with van der Waals surface area (Å²) in [6.07, 6.45) is -8.71. The second kappa shape index (κ2) is 5.46. The van der Waals surface area contributed by atoms with Crippen molar-refractivity contribution >= 4 is 10.0 Å². The van der Waals surface area contributed by atoms with E-state index in [-0.39, 0.29) is 6.07 Å². The number of nitrogens with zero attached hydrogens (tertiary/aromatic N) is 1. The van der Waals surface area contributed by atoms with Gasteiger partial charge in [-0.25, -0.2) is 27.3 Å². The Kier molecular flexibility index (Phi) is 4.51. The number of aromatic nitrogens is 1. The standard InChI is InChI=1S/C8H8F5N3O3S/c9-7(10)3-1-5(20(15,17)18)16-4(2-14)6(3)19-8(11,12)13/h1,7H,2,14H2,(H2,15,17,18). The van der Waals surface area contributed by atoms with Crippen LogP contribution in [0.15, 0.2) is 11.1 Å². The molecule has 1 aromatic rings. The number of primary sulfonamides is 1. The van der Waals surface area contributed by atoms with E-state index in [2.05, 4.69) is 14.9 Å². The van der Waals surface area contributed by atoms with E-state index in [9.17, 15) is 30.4 Å². The molecule has 0 aromatic carbocycles. The van der Waals surface area contributed by atoms with Crippen LogP contribution < -0.4 is 15.6 Å². The number of nitrogens with two attached hydrogens (primary N) is 2. The average molecular weight is 321 g/mol. The summed E-state index contributed by atoms with van der Waals surface area (Å²) in [6.45, 7) is -0.755. The third-order valence-corrected chi connectivity index (χ3v) is 2.78. The Bertz CT molecular complexity index is 602. The minimum Gasteiger partial charge on any atom is -0.403 e. The van der Waals surface area contributed by atoms with Crippen LogP contribution in [0.1, 0.15) is 17.7 Å². The third kappa shape index (κ3) is 3.98. The summed E-state index contributed by atoms with van der Waals surface area (Å²) in [5.41, 5.74) is 2.94. The van der Waals surface area contributed by atoms with Crippen molar-refractivity contribution in [1.82, 2.24) is 4.98 Å². The third-order valence-electron chi connectivity index (χ3n) is 1.99. The molecule has 0 amide bonds. The first-order valence-corrected chi connectivity index (χ1v) is 6.31. The molecule has 12 heteroatoms. The molecule has 1 rings (SSSR count). The number of ether oxygens (including phenoxy) is 1. The van der Waals surface area contributed by atoms with Crippen LogP contribution in [-0.4, -0.2) is 19.8 Å². The number of hydrogen-bond donors (Lipinski definition) is 2. The molecule has 6 nitrogen and oxygen atoms in total. The monoisotopic (exact) mass is 321 g/mol. The Morgan fingerprint density at radius 3 is 2.25 bits per heavy atom. The second-order valence-corrected chi connectivity index (χ2v) is 4.93. The highest BCUT2D eigenvalue weighted by atomic mass is 32.2. The van der Waals surface area contributed by atoms with Gasteiger partial charge in [0.05, 0.1) is 11.3 Å². The van der Waals surface area contributed by atoms with Crippen LogP contribution in [-0.2, 0) is 16.6 Å². The van der Waals surface area contributed by atoms with E-state index >= 15 is 0 Å². The van der Waals surface area contributed by atoms with Crippen molar-refractivity contribution in [1.29, 1.82) is 0 Å². The lowest BCUT2D eigenvalue weighted by Crippen LogP contribution is -2.22. The fourth-order valence-corrected chi connectivity index (χ4v) is 1.79. The van der Waals surface area contributed by atoms with Gasteiger partial charge in [0.25, 0.3) is 16.4 Å². The molecule has 0 saturated carbocycles. The molecule has 0 fully saturated rings. The molecule has 0 aliphatic heterocycles. The van der Waals surface area contributed by atoms with E-state index in [0.29, 0.717) is 0 Å². The van der Waals surface area contributed by atoms with Crippen LogP contribution in [0.3, 0.4) is 0 Å². The first-order valence-electron chi connectivity index (χ1n) is 4.76. The van der Waals surface area contributed by atoms with Gasteiger partial charge in [-0.2, -0.15) is 0 Å². The van der Waals surface area contributed by atoms with Gasteiger partial charge in [0.15, 0.2) is 10.8 Å². The molecule has 0 atom stereocenters. The minimum absolute atomic E-state index is 0.209. The first-order chi connectivity index (χ1) is 8.95. The summed E-state index contributed by atoms with van der Waals surface area (Å²) in [7, 11) is -4.49. The fourth-order valence-electron chi connectivity index (χ4n) is 1.26. The number of halogens is 5. The molecular formula is C8H8F5N3O3S. The lowest BCUT2D eigenvalue weighted by Gasteiger charge is -2.16. The van der Waals surface area contributed by atoms with Crippen molar-refractivity contribution in [3.63, 3.8) is 0 Å². The number of rotatable bonds is 4. The Morgan fingerprint density at radius 1 is 1.35 bits per heavy atom. The summed E-state index contributed by atoms with van der Waals surface area (Å²) < 4.78 is 87.4. The second-order valence-electron chi connectivity index (χ2n) is 3.42. The quantitative estimate of drug-likeness (QED) is 0.805. The van der Waals surface area contributed by atoms with Gasteiger partial charge in [0.1, 0.15) is 0 Å². The summed E-state index contributed by atoms with van der Waals surface area (Å²) in [5, 5.41) is 3.66. The molecular weight excluding hydrogens is 313 g/mol. The van der Waals surface area contributed by atoms with Crippen LogP contribution in [0, 0.1) is 0 Å². The van der Waals surface area contributed by atoms with Gasteiger partial charge in [0.2, 0.25) is 0 Å². The zero-order chi connectivity index (χ0) is 15.7. The molecule has 0 radical (unpaired) electrons. The zero-order valence-corrected chi connectivity index (χ0v) is 10.3. The van der Waals surface area contributed by atoms with E-state index in [1.54, 1.807) is 0 Å². The van der Waals surface area contributed by atoms with Crippen molar-refractivity contribution in [2.75, 3.05) is 0 Å². The highest BCUT2D eigenvalue weighted by Crippen LogP contribution is 2.36. The molecule has 0 aliphatic rings. The maximum absolute atomic E-state index is 12.7. The van der Waals surface area contributed by atoms with Gasteiger partial charge in [-0.15, -0.1) is 13.2 Å². The Morgan fingerprint density at radius 2 is 1.90 bits per heavy atom. The van der Waals surface area contributed by atoms with Crippen molar-refractivity contribution in [2.24, 2.45) is 10.9 Å². The number of pyridine rings is 1. The van der Waals surface area contributed by atoms with E-state index in [1.807, 2.05) is 0 Å². The lowest BCUT2D eigenvalue weighted by molar-refractivity contribution is -0.275. The van der Waals surface area contributed by atoms with Gasteiger partial charge in [-0.1, -0.05) is 0 Å². The Balaban J connectivity index is 3.57. The van der Waals surface area contributed by atoms with E-state index < -0.39 is 51.4 Å². The molecule has 0 bridgehead atoms. The summed E-state index contributed by atoms with van der Waals surface area (Å²) in [5.74, 6) is -1.33. The van der Waals surface area contributed by atoms with Gasteiger partial charge in [-0.3, -0.25) is 0 Å². The van der Waals surface area contributed by atoms with Crippen molar-refractivity contribution in [2.45, 2.75) is 24.4 Å². The van der Waals surface area contributed by atoms with Crippen molar-refractivity contribution in [3.8, 4) is 5.75 Å². The molecule has 20 heavy (non-hydrogen) atoms. The molecule has 1 heterocycles. The van der Waals surface area contributed by atoms with Gasteiger partial charge in [0, 0.05) is 6.54 Å². The number of sulfonamides is 1. The minimum atomic E-state index is -5.27. The molecule has 1 aromatic heterocycles. The predicted molar refractivity (Wildman–Crippen MR) is 55.1 cm³/mol. The topological polar surface area (TPSA) is 108 Å². The van der Waals surface area contributed by atoms with E-state index in [1.165, 1.54) is 0 Å². The lowest BCUT2D eigenvalue weighted by atomic mass is 10.2. The zero-order valence-electron chi connectivity index (χ0n) is 9.49. The van der Waals surface area contributed by atoms with Crippen LogP contribution in [0.4, 0.5) is 22.0 Å². The van der Waals surface area contributed by atoms with E-state index in [0.717, 1.165) is 0 Å². The highest BCUT2D eigenvalue weighted by molar-refractivity contribution is 7.89. The first kappa shape index (κ1) is 16.5. The maximum atomic E-state index is 12.7. The number of alkyl halides is 5. The largest absolute Gasteiger partial charge is 0.573 e. The molecule has 0 aliphatic carbocycles. The van der Waals surface area contributed by atoms with Crippen LogP contribution in [0.25, 0.3) is 0 Å². The van der Waals surface area contributed by atoms with Gasteiger partial charge >= 0.3 is 6.36 Å². The summed E-state index contributed by atoms with van der Waals surface area (Å²) in [4.78, 5) is 3.19. The van der Waals surface area contributed by atoms with Crippen LogP contribution in [0.5, 0.6) is 5.75 Å². The van der Waals surface area contributed by atoms with E-state index in [4.69, 9.17) is 5.73 Å². The Hall–Kier alpha value is -1.53.